The van der Waals surface area contributed by atoms with Gasteiger partial charge in [-0.05, 0) is 119 Å². The average Bonchev–Trinajstić information content (AvgIpc) is 3.91. The van der Waals surface area contributed by atoms with Crippen molar-refractivity contribution < 1.29 is 4.42 Å². The number of fused-ring (bicyclic) bond motifs is 7. The van der Waals surface area contributed by atoms with E-state index in [-0.39, 0.29) is 0 Å². The van der Waals surface area contributed by atoms with Crippen LogP contribution in [0.5, 0.6) is 0 Å². The molecule has 0 atom stereocenters. The molecule has 0 unspecified atom stereocenters. The maximum absolute atomic E-state index is 10.1. The molecule has 10 aromatic rings. The number of rotatable bonds is 10. The molecule has 1 aliphatic carbocycles. The fourth-order valence-electron chi connectivity index (χ4n) is 10.8. The van der Waals surface area contributed by atoms with Crippen LogP contribution in [0.15, 0.2) is 205 Å². The molecule has 7 heteroatoms. The van der Waals surface area contributed by atoms with E-state index in [2.05, 4.69) is 242 Å². The molecule has 0 radical (unpaired) electrons. The highest BCUT2D eigenvalue weighted by Gasteiger charge is 2.49. The lowest BCUT2D eigenvalue weighted by atomic mass is 9.67. The van der Waals surface area contributed by atoms with E-state index in [9.17, 15) is 5.26 Å². The van der Waals surface area contributed by atoms with E-state index < -0.39 is 21.6 Å². The molecule has 1 heterocycles. The van der Waals surface area contributed by atoms with Crippen LogP contribution in [0.25, 0.3) is 37.9 Å². The minimum Gasteiger partial charge on any atom is -0.455 e. The third kappa shape index (κ3) is 7.57. The third-order valence-electron chi connectivity index (χ3n) is 14.4. The number of nitrogens with zero attached hydrogens (tertiary/aromatic N) is 4. The van der Waals surface area contributed by atoms with Crippen LogP contribution in [0.4, 0.5) is 39.8 Å². The smallest absolute Gasteiger partial charge is 0.187 e. The van der Waals surface area contributed by atoms with E-state index >= 15 is 0 Å². The number of hydrogen-bond acceptors (Lipinski definition) is 4. The molecule has 0 amide bonds. The van der Waals surface area contributed by atoms with Crippen molar-refractivity contribution in [2.24, 2.45) is 0 Å². The summed E-state index contributed by atoms with van der Waals surface area (Å²) >= 11 is 0. The maximum atomic E-state index is 10.1. The number of hydrogen-bond donors (Lipinski definition) is 0. The molecule has 0 saturated heterocycles. The summed E-state index contributed by atoms with van der Waals surface area (Å²) in [5.74, 6) is 0. The Hall–Kier alpha value is -8.21. The Morgan fingerprint density at radius 1 is 0.535 bits per heavy atom. The van der Waals surface area contributed by atoms with Gasteiger partial charge >= 0.3 is 0 Å². The second-order valence-corrected chi connectivity index (χ2v) is 31.0. The second-order valence-electron chi connectivity index (χ2n) is 20.8. The van der Waals surface area contributed by atoms with Gasteiger partial charge in [0.25, 0.3) is 0 Å². The minimum absolute atomic E-state index is 0.599. The summed E-state index contributed by atoms with van der Waals surface area (Å²) in [6, 6.07) is 74.4. The SMILES string of the molecule is [C-]#[N+]c1ccc(N(c2ccc([Si](C)(C)C)cc2)c2ccc3c(c2)C(c2ccccc2)(c2ccccc2)c2cc(N(c4ccc([Si](C)(C)C)cc4)c4ccc(C#N)c(C)c4)c4c(oc5ccccc54)c2-3)cc1. The van der Waals surface area contributed by atoms with E-state index in [0.717, 1.165) is 95.0 Å². The lowest BCUT2D eigenvalue weighted by Gasteiger charge is -2.36. The van der Waals surface area contributed by atoms with Crippen LogP contribution in [0.2, 0.25) is 39.3 Å². The second kappa shape index (κ2) is 17.3. The highest BCUT2D eigenvalue weighted by molar-refractivity contribution is 6.89. The van der Waals surface area contributed by atoms with Gasteiger partial charge < -0.3 is 14.2 Å². The third-order valence-corrected chi connectivity index (χ3v) is 18.6. The van der Waals surface area contributed by atoms with Gasteiger partial charge in [0.15, 0.2) is 5.69 Å². The van der Waals surface area contributed by atoms with Crippen LogP contribution in [0.3, 0.4) is 0 Å². The van der Waals surface area contributed by atoms with Gasteiger partial charge in [0.05, 0.1) is 50.8 Å². The minimum atomic E-state index is -1.64. The van der Waals surface area contributed by atoms with Crippen LogP contribution in [-0.4, -0.2) is 16.1 Å². The quantitative estimate of drug-likeness (QED) is 0.101. The van der Waals surface area contributed by atoms with Gasteiger partial charge in [0, 0.05) is 39.4 Å². The van der Waals surface area contributed by atoms with Gasteiger partial charge in [-0.3, -0.25) is 0 Å². The van der Waals surface area contributed by atoms with E-state index in [1.807, 2.05) is 25.1 Å². The standard InChI is InChI=1S/C64H54N4OSi2/c1-43-39-51(26-23-44(43)42-65)68(50-31-36-54(37-32-50)71(6,7)8)59-41-58-61(63-62(59)56-21-15-16-22-60(56)69-63)55-38-33-52(40-57(55)64(58,45-17-11-9-12-18-45)46-19-13-10-14-20-46)67(48-27-24-47(66-2)25-28-48)49-29-34-53(35-30-49)70(3,4)5/h9-41H,1,3-8H3. The van der Waals surface area contributed by atoms with Crippen molar-refractivity contribution >= 4 is 88.3 Å². The van der Waals surface area contributed by atoms with Crippen molar-refractivity contribution in [3.05, 3.63) is 245 Å². The van der Waals surface area contributed by atoms with E-state index in [4.69, 9.17) is 11.0 Å². The fourth-order valence-corrected chi connectivity index (χ4v) is 13.1. The molecule has 5 nitrogen and oxygen atoms in total. The van der Waals surface area contributed by atoms with Gasteiger partial charge in [0.2, 0.25) is 0 Å². The molecule has 0 spiro atoms. The van der Waals surface area contributed by atoms with E-state index in [0.29, 0.717) is 11.3 Å². The Morgan fingerprint density at radius 2 is 1.04 bits per heavy atom. The molecular weight excluding hydrogens is 897 g/mol. The van der Waals surface area contributed by atoms with Crippen LogP contribution in [-0.2, 0) is 5.41 Å². The van der Waals surface area contributed by atoms with Crippen molar-refractivity contribution in [2.45, 2.75) is 51.6 Å². The average molecular weight is 951 g/mol. The largest absolute Gasteiger partial charge is 0.455 e. The molecule has 0 bridgehead atoms. The van der Waals surface area contributed by atoms with Crippen LogP contribution >= 0.6 is 0 Å². The monoisotopic (exact) mass is 950 g/mol. The first-order valence-electron chi connectivity index (χ1n) is 24.3. The molecule has 0 fully saturated rings. The molecule has 0 saturated carbocycles. The molecule has 71 heavy (non-hydrogen) atoms. The molecule has 0 N–H and O–H groups in total. The molecule has 9 aromatic carbocycles. The number of aryl methyl sites for hydroxylation is 1. The summed E-state index contributed by atoms with van der Waals surface area (Å²) < 4.78 is 7.29. The first-order chi connectivity index (χ1) is 34.3. The Bertz CT molecular complexity index is 3700. The van der Waals surface area contributed by atoms with Crippen LogP contribution < -0.4 is 20.2 Å². The summed E-state index contributed by atoms with van der Waals surface area (Å²) in [7, 11) is -3.23. The van der Waals surface area contributed by atoms with Crippen molar-refractivity contribution in [3.8, 4) is 17.2 Å². The first kappa shape index (κ1) is 45.2. The number of para-hydroxylation sites is 1. The summed E-state index contributed by atoms with van der Waals surface area (Å²) in [5.41, 5.74) is 15.6. The van der Waals surface area contributed by atoms with Crippen molar-refractivity contribution in [1.82, 2.24) is 0 Å². The zero-order valence-corrected chi connectivity index (χ0v) is 43.2. The predicted octanol–water partition coefficient (Wildman–Crippen LogP) is 16.7. The maximum Gasteiger partial charge on any atom is 0.187 e. The predicted molar refractivity (Wildman–Crippen MR) is 302 cm³/mol. The van der Waals surface area contributed by atoms with Gasteiger partial charge in [-0.1, -0.05) is 171 Å². The molecule has 11 rings (SSSR count). The lowest BCUT2D eigenvalue weighted by molar-refractivity contribution is 0.669. The van der Waals surface area contributed by atoms with Gasteiger partial charge in [-0.15, -0.1) is 0 Å². The van der Waals surface area contributed by atoms with Gasteiger partial charge in [0.1, 0.15) is 11.2 Å². The van der Waals surface area contributed by atoms with E-state index in [1.54, 1.807) is 0 Å². The Balaban J connectivity index is 1.26. The molecule has 1 aromatic heterocycles. The fraction of sp³-hybridized carbons (Fsp3) is 0.125. The Labute approximate surface area is 419 Å². The van der Waals surface area contributed by atoms with Crippen LogP contribution in [0.1, 0.15) is 33.4 Å². The molecular formula is C64H54N4OSi2. The summed E-state index contributed by atoms with van der Waals surface area (Å²) in [6.07, 6.45) is 0. The van der Waals surface area contributed by atoms with Gasteiger partial charge in [-0.25, -0.2) is 4.85 Å². The van der Waals surface area contributed by atoms with Gasteiger partial charge in [-0.2, -0.15) is 5.26 Å². The Kier molecular flexibility index (Phi) is 11.0. The highest BCUT2D eigenvalue weighted by Crippen LogP contribution is 2.61. The number of benzene rings is 9. The number of nitriles is 1. The summed E-state index contributed by atoms with van der Waals surface area (Å²) in [6.45, 7) is 24.1. The first-order valence-corrected chi connectivity index (χ1v) is 31.3. The van der Waals surface area contributed by atoms with E-state index in [1.165, 1.54) is 10.4 Å². The molecule has 344 valence electrons. The summed E-state index contributed by atoms with van der Waals surface area (Å²) in [4.78, 5) is 8.45. The van der Waals surface area contributed by atoms with Crippen molar-refractivity contribution in [1.29, 1.82) is 5.26 Å². The highest BCUT2D eigenvalue weighted by atomic mass is 28.3. The zero-order chi connectivity index (χ0) is 49.2. The number of furan rings is 1. The van der Waals surface area contributed by atoms with Crippen LogP contribution in [0, 0.1) is 24.8 Å². The van der Waals surface area contributed by atoms with Crippen molar-refractivity contribution in [3.63, 3.8) is 0 Å². The normalized spacial score (nSPS) is 12.8. The number of anilines is 6. The lowest BCUT2D eigenvalue weighted by Crippen LogP contribution is -2.37. The zero-order valence-electron chi connectivity index (χ0n) is 41.2. The molecule has 1 aliphatic rings. The topological polar surface area (TPSA) is 47.8 Å². The molecule has 0 aliphatic heterocycles. The Morgan fingerprint density at radius 3 is 1.59 bits per heavy atom. The summed E-state index contributed by atoms with van der Waals surface area (Å²) in [5, 5.41) is 15.0. The van der Waals surface area contributed by atoms with Crippen molar-refractivity contribution in [2.75, 3.05) is 9.80 Å².